The number of phenols is 1. The molecular formula is C38H27ClN4O4S. The number of fused-ring (bicyclic) bond motifs is 1. The molecule has 0 aliphatic carbocycles. The lowest BCUT2D eigenvalue weighted by atomic mass is 10.1. The number of carbonyl (C=O) groups is 2. The van der Waals surface area contributed by atoms with Gasteiger partial charge in [0.2, 0.25) is 0 Å². The van der Waals surface area contributed by atoms with Crippen LogP contribution < -0.4 is 11.0 Å². The van der Waals surface area contributed by atoms with Crippen LogP contribution >= 0.6 is 23.4 Å². The zero-order valence-corrected chi connectivity index (χ0v) is 27.1. The lowest BCUT2D eigenvalue weighted by molar-refractivity contribution is -0.128. The van der Waals surface area contributed by atoms with Gasteiger partial charge in [-0.15, -0.1) is 0 Å². The number of phenolic OH excluding ortho intramolecular Hbond substituents is 1. The number of rotatable bonds is 6. The molecule has 6 aromatic rings. The molecule has 0 saturated carbocycles. The summed E-state index contributed by atoms with van der Waals surface area (Å²) in [5.74, 6) is -0.354. The van der Waals surface area contributed by atoms with E-state index >= 15 is 0 Å². The van der Waals surface area contributed by atoms with Crippen LogP contribution in [0.15, 0.2) is 131 Å². The minimum atomic E-state index is -0.602. The SMILES string of the molecule is Cc1ccc(-c2nc3ccccc3c(=O)n2-c2ccc(C(=O)NN3C(=O)/C(=C/c4ccccc4Cl)SC3c3ccc(O)cc3)cc2)cc1. The number of hydrogen-bond acceptors (Lipinski definition) is 6. The van der Waals surface area contributed by atoms with Crippen molar-refractivity contribution >= 4 is 52.2 Å². The number of hydrazine groups is 1. The molecule has 236 valence electrons. The van der Waals surface area contributed by atoms with Gasteiger partial charge in [0.15, 0.2) is 0 Å². The molecule has 0 spiro atoms. The van der Waals surface area contributed by atoms with Crippen LogP contribution in [0, 0.1) is 6.92 Å². The highest BCUT2D eigenvalue weighted by Crippen LogP contribution is 2.45. The van der Waals surface area contributed by atoms with E-state index in [0.717, 1.165) is 11.1 Å². The minimum Gasteiger partial charge on any atom is -0.508 e. The van der Waals surface area contributed by atoms with Crippen molar-refractivity contribution in [2.75, 3.05) is 0 Å². The average Bonchev–Trinajstić information content (AvgIpc) is 3.40. The van der Waals surface area contributed by atoms with Crippen LogP contribution in [-0.2, 0) is 4.79 Å². The summed E-state index contributed by atoms with van der Waals surface area (Å²) in [6.07, 6.45) is 1.70. The first kappa shape index (κ1) is 31.0. The standard InChI is InChI=1S/C38H27ClN4O4S/c1-23-10-12-24(13-11-23)34-40-32-9-5-3-7-30(32)36(46)42(34)28-18-14-25(15-19-28)35(45)41-43-37(47)33(22-27-6-2-4-8-31(27)39)48-38(43)26-16-20-29(44)21-17-26/h2-22,38,44H,1H3,(H,41,45)/b33-22-. The van der Waals surface area contributed by atoms with Crippen LogP contribution in [0.5, 0.6) is 5.75 Å². The molecule has 2 amide bonds. The fraction of sp³-hybridized carbons (Fsp3) is 0.0526. The summed E-state index contributed by atoms with van der Waals surface area (Å²) in [4.78, 5) is 46.4. The monoisotopic (exact) mass is 670 g/mol. The molecule has 1 unspecified atom stereocenters. The van der Waals surface area contributed by atoms with Gasteiger partial charge in [0.1, 0.15) is 16.9 Å². The second-order valence-electron chi connectivity index (χ2n) is 11.2. The lowest BCUT2D eigenvalue weighted by Gasteiger charge is -2.24. The molecule has 1 aromatic heterocycles. The molecule has 5 aromatic carbocycles. The first-order valence-corrected chi connectivity index (χ1v) is 16.3. The highest BCUT2D eigenvalue weighted by molar-refractivity contribution is 8.04. The number of nitrogens with zero attached hydrogens (tertiary/aromatic N) is 3. The number of benzene rings is 5. The van der Waals surface area contributed by atoms with E-state index in [1.807, 2.05) is 55.5 Å². The van der Waals surface area contributed by atoms with Gasteiger partial charge < -0.3 is 5.11 Å². The summed E-state index contributed by atoms with van der Waals surface area (Å²) in [6, 6.07) is 35.2. The van der Waals surface area contributed by atoms with E-state index in [1.165, 1.54) is 28.9 Å². The number of aryl methyl sites for hydroxylation is 1. The third-order valence-corrected chi connectivity index (χ3v) is 9.56. The largest absolute Gasteiger partial charge is 0.508 e. The third-order valence-electron chi connectivity index (χ3n) is 7.97. The van der Waals surface area contributed by atoms with Crippen molar-refractivity contribution < 1.29 is 14.7 Å². The Bertz CT molecular complexity index is 2290. The summed E-state index contributed by atoms with van der Waals surface area (Å²) in [6.45, 7) is 1.99. The Morgan fingerprint density at radius 3 is 2.29 bits per heavy atom. The van der Waals surface area contributed by atoms with E-state index in [2.05, 4.69) is 5.43 Å². The molecule has 7 rings (SSSR count). The Kier molecular flexibility index (Phi) is 8.31. The van der Waals surface area contributed by atoms with Crippen LogP contribution in [-0.4, -0.2) is 31.5 Å². The van der Waals surface area contributed by atoms with Crippen molar-refractivity contribution in [1.82, 2.24) is 20.0 Å². The Hall–Kier alpha value is -5.64. The van der Waals surface area contributed by atoms with Crippen LogP contribution in [0.1, 0.15) is 32.4 Å². The number of para-hydroxylation sites is 1. The second kappa shape index (κ2) is 12.9. The zero-order valence-electron chi connectivity index (χ0n) is 25.5. The van der Waals surface area contributed by atoms with Crippen LogP contribution in [0.25, 0.3) is 34.1 Å². The first-order chi connectivity index (χ1) is 23.3. The van der Waals surface area contributed by atoms with E-state index in [4.69, 9.17) is 16.6 Å². The van der Waals surface area contributed by atoms with Crippen LogP contribution in [0.3, 0.4) is 0 Å². The molecule has 2 N–H and O–H groups in total. The lowest BCUT2D eigenvalue weighted by Crippen LogP contribution is -2.44. The summed E-state index contributed by atoms with van der Waals surface area (Å²) in [7, 11) is 0. The molecule has 10 heteroatoms. The van der Waals surface area contributed by atoms with Crippen molar-refractivity contribution in [3.8, 4) is 22.8 Å². The normalized spacial score (nSPS) is 15.3. The molecule has 1 aliphatic rings. The fourth-order valence-corrected chi connectivity index (χ4v) is 6.82. The van der Waals surface area contributed by atoms with Crippen LogP contribution in [0.4, 0.5) is 0 Å². The molecule has 0 bridgehead atoms. The van der Waals surface area contributed by atoms with Gasteiger partial charge >= 0.3 is 0 Å². The molecule has 8 nitrogen and oxygen atoms in total. The number of thioether (sulfide) groups is 1. The minimum absolute atomic E-state index is 0.0850. The van der Waals surface area contributed by atoms with Gasteiger partial charge in [-0.3, -0.25) is 24.4 Å². The topological polar surface area (TPSA) is 105 Å². The number of nitrogens with one attached hydrogen (secondary N) is 1. The van der Waals surface area contributed by atoms with Crippen molar-refractivity contribution in [2.24, 2.45) is 0 Å². The Morgan fingerprint density at radius 2 is 1.56 bits per heavy atom. The molecular weight excluding hydrogens is 644 g/mol. The van der Waals surface area contributed by atoms with E-state index in [9.17, 15) is 19.5 Å². The maximum absolute atomic E-state index is 13.8. The maximum atomic E-state index is 13.8. The fourth-order valence-electron chi connectivity index (χ4n) is 5.45. The number of hydrogen-bond donors (Lipinski definition) is 2. The number of amides is 2. The number of aromatic hydroxyl groups is 1. The van der Waals surface area contributed by atoms with Gasteiger partial charge in [0, 0.05) is 16.1 Å². The van der Waals surface area contributed by atoms with E-state index < -0.39 is 17.2 Å². The summed E-state index contributed by atoms with van der Waals surface area (Å²) in [5, 5.41) is 11.5. The average molecular weight is 671 g/mol. The molecule has 1 atom stereocenters. The van der Waals surface area contributed by atoms with E-state index in [-0.39, 0.29) is 16.9 Å². The van der Waals surface area contributed by atoms with Crippen LogP contribution in [0.2, 0.25) is 5.02 Å². The molecule has 1 saturated heterocycles. The molecule has 2 heterocycles. The van der Waals surface area contributed by atoms with Crippen molar-refractivity contribution in [3.63, 3.8) is 0 Å². The highest BCUT2D eigenvalue weighted by Gasteiger charge is 2.39. The highest BCUT2D eigenvalue weighted by atomic mass is 35.5. The predicted molar refractivity (Wildman–Crippen MR) is 190 cm³/mol. The molecule has 0 radical (unpaired) electrons. The number of halogens is 1. The number of aromatic nitrogens is 2. The van der Waals surface area contributed by atoms with Gasteiger partial charge in [0.25, 0.3) is 17.4 Å². The zero-order chi connectivity index (χ0) is 33.4. The Morgan fingerprint density at radius 1 is 0.875 bits per heavy atom. The van der Waals surface area contributed by atoms with Crippen molar-refractivity contribution in [1.29, 1.82) is 0 Å². The second-order valence-corrected chi connectivity index (χ2v) is 12.7. The van der Waals surface area contributed by atoms with E-state index in [1.54, 1.807) is 71.3 Å². The van der Waals surface area contributed by atoms with Gasteiger partial charge in [-0.25, -0.2) is 9.99 Å². The summed E-state index contributed by atoms with van der Waals surface area (Å²) in [5.41, 5.74) is 7.18. The van der Waals surface area contributed by atoms with Crippen molar-refractivity contribution in [3.05, 3.63) is 164 Å². The maximum Gasteiger partial charge on any atom is 0.280 e. The molecule has 1 fully saturated rings. The predicted octanol–water partition coefficient (Wildman–Crippen LogP) is 7.68. The van der Waals surface area contributed by atoms with Gasteiger partial charge in [-0.2, -0.15) is 0 Å². The number of carbonyl (C=O) groups excluding carboxylic acids is 2. The molecule has 48 heavy (non-hydrogen) atoms. The third kappa shape index (κ3) is 5.97. The van der Waals surface area contributed by atoms with Gasteiger partial charge in [-0.05, 0) is 78.7 Å². The Balaban J connectivity index is 1.22. The summed E-state index contributed by atoms with van der Waals surface area (Å²) >= 11 is 7.63. The quantitative estimate of drug-likeness (QED) is 0.176. The van der Waals surface area contributed by atoms with Gasteiger partial charge in [-0.1, -0.05) is 95.7 Å². The smallest absolute Gasteiger partial charge is 0.280 e. The van der Waals surface area contributed by atoms with Crippen molar-refractivity contribution in [2.45, 2.75) is 12.3 Å². The van der Waals surface area contributed by atoms with E-state index in [0.29, 0.717) is 43.5 Å². The summed E-state index contributed by atoms with van der Waals surface area (Å²) < 4.78 is 1.54. The van der Waals surface area contributed by atoms with Gasteiger partial charge in [0.05, 0.1) is 21.5 Å². The first-order valence-electron chi connectivity index (χ1n) is 15.0. The molecule has 1 aliphatic heterocycles. The Labute approximate surface area is 284 Å².